The van der Waals surface area contributed by atoms with E-state index in [2.05, 4.69) is 60.1 Å². The molecule has 0 spiro atoms. The number of imidazole rings is 1. The molecule has 1 aromatic heterocycles. The predicted molar refractivity (Wildman–Crippen MR) is 123 cm³/mol. The van der Waals surface area contributed by atoms with Crippen molar-refractivity contribution in [1.82, 2.24) is 14.5 Å². The summed E-state index contributed by atoms with van der Waals surface area (Å²) in [5.74, 6) is 0. The monoisotopic (exact) mass is 403 g/mol. The van der Waals surface area contributed by atoms with Crippen LogP contribution in [0, 0.1) is 5.41 Å². The van der Waals surface area contributed by atoms with Gasteiger partial charge in [-0.1, -0.05) is 56.3 Å². The first-order chi connectivity index (χ1) is 14.5. The number of piperidine rings is 1. The molecule has 1 aliphatic carbocycles. The van der Waals surface area contributed by atoms with Gasteiger partial charge in [-0.25, -0.2) is 4.79 Å². The van der Waals surface area contributed by atoms with Crippen molar-refractivity contribution in [1.29, 1.82) is 0 Å². The third-order valence-electron chi connectivity index (χ3n) is 7.80. The van der Waals surface area contributed by atoms with Crippen LogP contribution in [0.5, 0.6) is 0 Å². The summed E-state index contributed by atoms with van der Waals surface area (Å²) in [6.45, 7) is 6.92. The molecule has 0 bridgehead atoms. The van der Waals surface area contributed by atoms with Crippen LogP contribution in [-0.4, -0.2) is 27.5 Å². The summed E-state index contributed by atoms with van der Waals surface area (Å²) in [4.78, 5) is 18.4. The Morgan fingerprint density at radius 3 is 2.20 bits per heavy atom. The number of nitrogens with one attached hydrogen (secondary N) is 1. The summed E-state index contributed by atoms with van der Waals surface area (Å²) >= 11 is 0. The van der Waals surface area contributed by atoms with Gasteiger partial charge in [0.1, 0.15) is 0 Å². The van der Waals surface area contributed by atoms with Crippen molar-refractivity contribution in [2.24, 2.45) is 5.41 Å². The molecule has 0 unspecified atom stereocenters. The molecule has 0 amide bonds. The van der Waals surface area contributed by atoms with Crippen LogP contribution in [0.25, 0.3) is 11.0 Å². The number of fused-ring (bicyclic) bond motifs is 1. The Kier molecular flexibility index (Phi) is 4.85. The predicted octanol–water partition coefficient (Wildman–Crippen LogP) is 5.46. The second-order valence-corrected chi connectivity index (χ2v) is 10.1. The van der Waals surface area contributed by atoms with Crippen molar-refractivity contribution in [3.8, 4) is 0 Å². The van der Waals surface area contributed by atoms with Crippen LogP contribution < -0.4 is 5.69 Å². The standard InChI is InChI=1S/C26H33N3O/c1-25(2)14-16-26(17-15-25,20-8-4-3-5-9-20)28-18-12-21(13-19-28)29-23-11-7-6-10-22(23)27-24(29)30/h3-11,21H,12-19H2,1-2H3,(H,27,30). The van der Waals surface area contributed by atoms with E-state index >= 15 is 0 Å². The van der Waals surface area contributed by atoms with E-state index in [-0.39, 0.29) is 17.3 Å². The van der Waals surface area contributed by atoms with Crippen LogP contribution in [0.4, 0.5) is 0 Å². The van der Waals surface area contributed by atoms with Crippen molar-refractivity contribution in [2.45, 2.75) is 64.0 Å². The molecule has 158 valence electrons. The van der Waals surface area contributed by atoms with E-state index in [4.69, 9.17) is 0 Å². The number of hydrogen-bond acceptors (Lipinski definition) is 2. The SMILES string of the molecule is CC1(C)CCC(c2ccccc2)(N2CCC(n3c(=O)[nH]c4ccccc43)CC2)CC1. The van der Waals surface area contributed by atoms with E-state index < -0.39 is 0 Å². The van der Waals surface area contributed by atoms with Crippen molar-refractivity contribution in [3.63, 3.8) is 0 Å². The van der Waals surface area contributed by atoms with E-state index in [0.717, 1.165) is 37.0 Å². The van der Waals surface area contributed by atoms with Crippen LogP contribution in [0.3, 0.4) is 0 Å². The molecule has 4 nitrogen and oxygen atoms in total. The molecule has 1 saturated heterocycles. The Balaban J connectivity index is 1.41. The molecule has 2 aliphatic rings. The number of para-hydroxylation sites is 2. The number of aromatic nitrogens is 2. The lowest BCUT2D eigenvalue weighted by Crippen LogP contribution is -2.52. The summed E-state index contributed by atoms with van der Waals surface area (Å²) in [5.41, 5.74) is 4.08. The first kappa shape index (κ1) is 19.6. The molecule has 0 atom stereocenters. The number of likely N-dealkylation sites (tertiary alicyclic amines) is 1. The normalized spacial score (nSPS) is 22.3. The number of rotatable bonds is 3. The number of benzene rings is 2. The van der Waals surface area contributed by atoms with Crippen molar-refractivity contribution in [3.05, 3.63) is 70.6 Å². The molecule has 4 heteroatoms. The molecule has 5 rings (SSSR count). The van der Waals surface area contributed by atoms with Gasteiger partial charge in [0.25, 0.3) is 0 Å². The third kappa shape index (κ3) is 3.31. The molecule has 1 saturated carbocycles. The van der Waals surface area contributed by atoms with Gasteiger partial charge in [-0.15, -0.1) is 0 Å². The van der Waals surface area contributed by atoms with Gasteiger partial charge >= 0.3 is 5.69 Å². The number of aromatic amines is 1. The highest BCUT2D eigenvalue weighted by molar-refractivity contribution is 5.75. The van der Waals surface area contributed by atoms with Crippen molar-refractivity contribution in [2.75, 3.05) is 13.1 Å². The van der Waals surface area contributed by atoms with Gasteiger partial charge in [0, 0.05) is 24.7 Å². The average molecular weight is 404 g/mol. The average Bonchev–Trinajstić information content (AvgIpc) is 3.11. The second kappa shape index (κ2) is 7.42. The van der Waals surface area contributed by atoms with Crippen molar-refractivity contribution < 1.29 is 0 Å². The van der Waals surface area contributed by atoms with Gasteiger partial charge in [-0.3, -0.25) is 9.47 Å². The maximum absolute atomic E-state index is 12.7. The molecular weight excluding hydrogens is 370 g/mol. The fraction of sp³-hybridized carbons (Fsp3) is 0.500. The fourth-order valence-electron chi connectivity index (χ4n) is 5.87. The summed E-state index contributed by atoms with van der Waals surface area (Å²) in [6, 6.07) is 19.5. The molecular formula is C26H33N3O. The Labute approximate surface area is 178 Å². The number of nitrogens with zero attached hydrogens (tertiary/aromatic N) is 2. The van der Waals surface area contributed by atoms with Gasteiger partial charge in [0.05, 0.1) is 11.0 Å². The minimum absolute atomic E-state index is 0.0341. The van der Waals surface area contributed by atoms with Crippen LogP contribution >= 0.6 is 0 Å². The van der Waals surface area contributed by atoms with Gasteiger partial charge in [-0.2, -0.15) is 0 Å². The Morgan fingerprint density at radius 1 is 0.867 bits per heavy atom. The Morgan fingerprint density at radius 2 is 1.50 bits per heavy atom. The van der Waals surface area contributed by atoms with Gasteiger partial charge in [-0.05, 0) is 61.6 Å². The van der Waals surface area contributed by atoms with Gasteiger partial charge in [0.15, 0.2) is 0 Å². The zero-order valence-electron chi connectivity index (χ0n) is 18.2. The summed E-state index contributed by atoms with van der Waals surface area (Å²) < 4.78 is 2.01. The fourth-order valence-corrected chi connectivity index (χ4v) is 5.87. The van der Waals surface area contributed by atoms with E-state index in [0.29, 0.717) is 5.41 Å². The second-order valence-electron chi connectivity index (χ2n) is 10.1. The topological polar surface area (TPSA) is 41.0 Å². The highest BCUT2D eigenvalue weighted by atomic mass is 16.1. The quantitative estimate of drug-likeness (QED) is 0.631. The molecule has 1 aliphatic heterocycles. The maximum Gasteiger partial charge on any atom is 0.326 e. The highest BCUT2D eigenvalue weighted by Gasteiger charge is 2.44. The molecule has 0 radical (unpaired) electrons. The summed E-state index contributed by atoms with van der Waals surface area (Å²) in [6.07, 6.45) is 7.04. The summed E-state index contributed by atoms with van der Waals surface area (Å²) in [5, 5.41) is 0. The molecule has 2 fully saturated rings. The highest BCUT2D eigenvalue weighted by Crippen LogP contribution is 2.49. The van der Waals surface area contributed by atoms with Crippen LogP contribution in [-0.2, 0) is 5.54 Å². The largest absolute Gasteiger partial charge is 0.326 e. The molecule has 30 heavy (non-hydrogen) atoms. The van der Waals surface area contributed by atoms with E-state index in [1.54, 1.807) is 0 Å². The summed E-state index contributed by atoms with van der Waals surface area (Å²) in [7, 11) is 0. The minimum Gasteiger partial charge on any atom is -0.306 e. The Hall–Kier alpha value is -2.33. The van der Waals surface area contributed by atoms with E-state index in [9.17, 15) is 4.79 Å². The molecule has 2 heterocycles. The zero-order chi connectivity index (χ0) is 20.8. The lowest BCUT2D eigenvalue weighted by Gasteiger charge is -2.52. The first-order valence-corrected chi connectivity index (χ1v) is 11.5. The minimum atomic E-state index is 0.0341. The van der Waals surface area contributed by atoms with Crippen LogP contribution in [0.2, 0.25) is 0 Å². The van der Waals surface area contributed by atoms with E-state index in [1.807, 2.05) is 22.8 Å². The van der Waals surface area contributed by atoms with E-state index in [1.165, 1.54) is 31.2 Å². The van der Waals surface area contributed by atoms with Crippen LogP contribution in [0.15, 0.2) is 59.4 Å². The Bertz CT molecular complexity index is 1060. The lowest BCUT2D eigenvalue weighted by atomic mass is 9.66. The zero-order valence-corrected chi connectivity index (χ0v) is 18.2. The number of H-pyrrole nitrogens is 1. The van der Waals surface area contributed by atoms with Crippen LogP contribution in [0.1, 0.15) is 64.0 Å². The third-order valence-corrected chi connectivity index (χ3v) is 7.80. The molecule has 3 aromatic rings. The molecule has 2 aromatic carbocycles. The smallest absolute Gasteiger partial charge is 0.306 e. The van der Waals surface area contributed by atoms with Gasteiger partial charge in [0.2, 0.25) is 0 Å². The first-order valence-electron chi connectivity index (χ1n) is 11.5. The van der Waals surface area contributed by atoms with Crippen molar-refractivity contribution >= 4 is 11.0 Å². The molecule has 1 N–H and O–H groups in total. The lowest BCUT2D eigenvalue weighted by molar-refractivity contribution is -0.00741. The van der Waals surface area contributed by atoms with Gasteiger partial charge < -0.3 is 4.98 Å². The maximum atomic E-state index is 12.7. The number of hydrogen-bond donors (Lipinski definition) is 1.